The van der Waals surface area contributed by atoms with Crippen molar-refractivity contribution in [2.45, 2.75) is 39.2 Å². The van der Waals surface area contributed by atoms with E-state index in [1.54, 1.807) is 16.2 Å². The van der Waals surface area contributed by atoms with Crippen LogP contribution >= 0.6 is 11.3 Å². The molecule has 2 rings (SSSR count). The minimum absolute atomic E-state index is 0.000880. The van der Waals surface area contributed by atoms with Crippen LogP contribution in [0.2, 0.25) is 0 Å². The van der Waals surface area contributed by atoms with E-state index >= 15 is 0 Å². The second-order valence-electron chi connectivity index (χ2n) is 4.60. The third kappa shape index (κ3) is 2.34. The molecule has 1 aromatic heterocycles. The predicted molar refractivity (Wildman–Crippen MR) is 68.1 cm³/mol. The van der Waals surface area contributed by atoms with Gasteiger partial charge in [-0.25, -0.2) is 0 Å². The fraction of sp³-hybridized carbons (Fsp3) is 0.538. The molecule has 0 bridgehead atoms. The Morgan fingerprint density at radius 2 is 2.35 bits per heavy atom. The quantitative estimate of drug-likeness (QED) is 0.772. The van der Waals surface area contributed by atoms with Crippen LogP contribution in [0, 0.1) is 11.3 Å². The molecule has 0 fully saturated rings. The zero-order valence-electron chi connectivity index (χ0n) is 10.2. The first kappa shape index (κ1) is 12.1. The Morgan fingerprint density at radius 1 is 1.59 bits per heavy atom. The van der Waals surface area contributed by atoms with Crippen molar-refractivity contribution in [1.29, 1.82) is 5.26 Å². The van der Waals surface area contributed by atoms with Gasteiger partial charge in [-0.05, 0) is 44.7 Å². The Morgan fingerprint density at radius 3 is 2.94 bits per heavy atom. The van der Waals surface area contributed by atoms with E-state index in [0.717, 1.165) is 17.7 Å². The highest BCUT2D eigenvalue weighted by molar-refractivity contribution is 7.14. The van der Waals surface area contributed by atoms with Gasteiger partial charge in [-0.1, -0.05) is 0 Å². The Kier molecular flexibility index (Phi) is 3.49. The molecular formula is C13H16N2OS. The highest BCUT2D eigenvalue weighted by Crippen LogP contribution is 2.31. The summed E-state index contributed by atoms with van der Waals surface area (Å²) in [7, 11) is 0. The fourth-order valence-electron chi connectivity index (χ4n) is 2.14. The predicted octanol–water partition coefficient (Wildman–Crippen LogP) is 2.61. The number of carbonyl (C=O) groups is 1. The minimum Gasteiger partial charge on any atom is -0.322 e. The largest absolute Gasteiger partial charge is 0.322 e. The SMILES string of the molecule is CC(C)N(CC#N)C(=O)c1cc2c(s1)CCC2. The lowest BCUT2D eigenvalue weighted by Crippen LogP contribution is -2.36. The molecule has 0 atom stereocenters. The summed E-state index contributed by atoms with van der Waals surface area (Å²) in [5.41, 5.74) is 1.33. The highest BCUT2D eigenvalue weighted by atomic mass is 32.1. The molecule has 0 saturated heterocycles. The Hall–Kier alpha value is -1.34. The van der Waals surface area contributed by atoms with Crippen molar-refractivity contribution < 1.29 is 4.79 Å². The topological polar surface area (TPSA) is 44.1 Å². The molecule has 4 heteroatoms. The molecule has 1 aliphatic rings. The summed E-state index contributed by atoms with van der Waals surface area (Å²) in [6, 6.07) is 4.14. The molecule has 1 aromatic rings. The maximum atomic E-state index is 12.3. The average Bonchev–Trinajstić information content (AvgIpc) is 2.84. The Balaban J connectivity index is 2.20. The van der Waals surface area contributed by atoms with E-state index in [1.807, 2.05) is 19.9 Å². The maximum Gasteiger partial charge on any atom is 0.265 e. The molecule has 0 aliphatic heterocycles. The molecule has 17 heavy (non-hydrogen) atoms. The summed E-state index contributed by atoms with van der Waals surface area (Å²) in [6.07, 6.45) is 3.41. The normalized spacial score (nSPS) is 13.5. The number of rotatable bonds is 3. The third-order valence-corrected chi connectivity index (χ3v) is 4.31. The molecule has 90 valence electrons. The highest BCUT2D eigenvalue weighted by Gasteiger charge is 2.23. The van der Waals surface area contributed by atoms with Crippen molar-refractivity contribution in [1.82, 2.24) is 4.90 Å². The van der Waals surface area contributed by atoms with Gasteiger partial charge in [0.15, 0.2) is 0 Å². The molecule has 0 saturated carbocycles. The first-order chi connectivity index (χ1) is 8.13. The van der Waals surface area contributed by atoms with E-state index in [1.165, 1.54) is 16.9 Å². The first-order valence-corrected chi connectivity index (χ1v) is 6.74. The zero-order valence-corrected chi connectivity index (χ0v) is 11.0. The lowest BCUT2D eigenvalue weighted by atomic mass is 10.2. The molecule has 0 unspecified atom stereocenters. The molecule has 1 heterocycles. The number of thiophene rings is 1. The maximum absolute atomic E-state index is 12.3. The summed E-state index contributed by atoms with van der Waals surface area (Å²) in [5, 5.41) is 8.76. The van der Waals surface area contributed by atoms with Crippen LogP contribution in [0.4, 0.5) is 0 Å². The fourth-order valence-corrected chi connectivity index (χ4v) is 3.35. The van der Waals surface area contributed by atoms with E-state index in [4.69, 9.17) is 5.26 Å². The van der Waals surface area contributed by atoms with Crippen molar-refractivity contribution in [3.63, 3.8) is 0 Å². The summed E-state index contributed by atoms with van der Waals surface area (Å²) in [5.74, 6) is 0.000880. The lowest BCUT2D eigenvalue weighted by molar-refractivity contribution is 0.0736. The molecule has 0 N–H and O–H groups in total. The minimum atomic E-state index is 0.000880. The van der Waals surface area contributed by atoms with Crippen molar-refractivity contribution in [2.24, 2.45) is 0 Å². The summed E-state index contributed by atoms with van der Waals surface area (Å²) < 4.78 is 0. The van der Waals surface area contributed by atoms with Crippen LogP contribution in [0.3, 0.4) is 0 Å². The number of hydrogen-bond acceptors (Lipinski definition) is 3. The van der Waals surface area contributed by atoms with E-state index in [9.17, 15) is 4.79 Å². The van der Waals surface area contributed by atoms with Crippen LogP contribution in [0.15, 0.2) is 6.07 Å². The van der Waals surface area contributed by atoms with E-state index in [-0.39, 0.29) is 18.5 Å². The van der Waals surface area contributed by atoms with Crippen molar-refractivity contribution in [3.05, 3.63) is 21.4 Å². The average molecular weight is 248 g/mol. The molecular weight excluding hydrogens is 232 g/mol. The zero-order chi connectivity index (χ0) is 12.4. The van der Waals surface area contributed by atoms with Gasteiger partial charge >= 0.3 is 0 Å². The van der Waals surface area contributed by atoms with E-state index in [0.29, 0.717) is 0 Å². The Labute approximate surface area is 106 Å². The number of carbonyl (C=O) groups excluding carboxylic acids is 1. The molecule has 0 spiro atoms. The number of amides is 1. The smallest absolute Gasteiger partial charge is 0.265 e. The standard InChI is InChI=1S/C13H16N2OS/c1-9(2)15(7-6-14)13(16)12-8-10-4-3-5-11(10)17-12/h8-9H,3-5,7H2,1-2H3. The van der Waals surface area contributed by atoms with Gasteiger partial charge in [-0.3, -0.25) is 4.79 Å². The van der Waals surface area contributed by atoms with Gasteiger partial charge in [0.1, 0.15) is 6.54 Å². The van der Waals surface area contributed by atoms with Crippen LogP contribution in [0.5, 0.6) is 0 Å². The first-order valence-electron chi connectivity index (χ1n) is 5.93. The number of nitriles is 1. The van der Waals surface area contributed by atoms with E-state index < -0.39 is 0 Å². The summed E-state index contributed by atoms with van der Waals surface area (Å²) in [4.78, 5) is 16.0. The molecule has 1 amide bonds. The number of fused-ring (bicyclic) bond motifs is 1. The van der Waals surface area contributed by atoms with Gasteiger partial charge in [0.2, 0.25) is 0 Å². The van der Waals surface area contributed by atoms with Crippen LogP contribution in [-0.4, -0.2) is 23.4 Å². The van der Waals surface area contributed by atoms with Crippen LogP contribution < -0.4 is 0 Å². The van der Waals surface area contributed by atoms with Gasteiger partial charge in [0, 0.05) is 10.9 Å². The molecule has 1 aliphatic carbocycles. The lowest BCUT2D eigenvalue weighted by Gasteiger charge is -2.23. The molecule has 0 radical (unpaired) electrons. The molecule has 0 aromatic carbocycles. The van der Waals surface area contributed by atoms with Crippen molar-refractivity contribution in [3.8, 4) is 6.07 Å². The van der Waals surface area contributed by atoms with Gasteiger partial charge in [-0.2, -0.15) is 5.26 Å². The van der Waals surface area contributed by atoms with Gasteiger partial charge in [0.05, 0.1) is 10.9 Å². The Bertz CT molecular complexity index is 449. The summed E-state index contributed by atoms with van der Waals surface area (Å²) >= 11 is 1.60. The van der Waals surface area contributed by atoms with Gasteiger partial charge in [-0.15, -0.1) is 11.3 Å². The van der Waals surface area contributed by atoms with Crippen molar-refractivity contribution >= 4 is 17.2 Å². The number of hydrogen-bond donors (Lipinski definition) is 0. The van der Waals surface area contributed by atoms with Gasteiger partial charge in [0.25, 0.3) is 5.91 Å². The third-order valence-electron chi connectivity index (χ3n) is 3.08. The van der Waals surface area contributed by atoms with Gasteiger partial charge < -0.3 is 4.90 Å². The van der Waals surface area contributed by atoms with Crippen LogP contribution in [-0.2, 0) is 12.8 Å². The van der Waals surface area contributed by atoms with Crippen LogP contribution in [0.1, 0.15) is 40.4 Å². The number of nitrogens with zero attached hydrogens (tertiary/aromatic N) is 2. The molecule has 3 nitrogen and oxygen atoms in total. The van der Waals surface area contributed by atoms with Crippen LogP contribution in [0.25, 0.3) is 0 Å². The van der Waals surface area contributed by atoms with Crippen molar-refractivity contribution in [2.75, 3.05) is 6.54 Å². The second kappa shape index (κ2) is 4.89. The summed E-state index contributed by atoms with van der Waals surface area (Å²) in [6.45, 7) is 4.05. The second-order valence-corrected chi connectivity index (χ2v) is 5.73. The number of aryl methyl sites for hydroxylation is 2. The monoisotopic (exact) mass is 248 g/mol. The van der Waals surface area contributed by atoms with E-state index in [2.05, 4.69) is 6.07 Å².